The predicted molar refractivity (Wildman–Crippen MR) is 138 cm³/mol. The van der Waals surface area contributed by atoms with Gasteiger partial charge in [-0.05, 0) is 62.6 Å². The molecule has 0 spiro atoms. The number of hydrogen-bond donors (Lipinski definition) is 1. The first-order valence-corrected chi connectivity index (χ1v) is 12.7. The number of methoxy groups -OCH3 is 1. The fourth-order valence-electron chi connectivity index (χ4n) is 5.41. The van der Waals surface area contributed by atoms with Gasteiger partial charge in [-0.2, -0.15) is 0 Å². The van der Waals surface area contributed by atoms with E-state index in [1.807, 2.05) is 12.1 Å². The van der Waals surface area contributed by atoms with E-state index >= 15 is 0 Å². The highest BCUT2D eigenvalue weighted by molar-refractivity contribution is 6.42. The fourth-order valence-corrected chi connectivity index (χ4v) is 5.72. The van der Waals surface area contributed by atoms with Gasteiger partial charge in [0.25, 0.3) is 0 Å². The van der Waals surface area contributed by atoms with Crippen LogP contribution in [0, 0.1) is 23.6 Å². The van der Waals surface area contributed by atoms with Crippen LogP contribution in [0.4, 0.5) is 15.9 Å². The first-order chi connectivity index (χ1) is 16.8. The van der Waals surface area contributed by atoms with Crippen LogP contribution in [0.5, 0.6) is 11.5 Å². The first-order valence-electron chi connectivity index (χ1n) is 11.9. The van der Waals surface area contributed by atoms with Crippen molar-refractivity contribution in [2.45, 2.75) is 32.7 Å². The maximum atomic E-state index is 14.6. The van der Waals surface area contributed by atoms with Gasteiger partial charge in [-0.1, -0.05) is 23.2 Å². The lowest BCUT2D eigenvalue weighted by Gasteiger charge is -2.22. The Kier molecular flexibility index (Phi) is 6.93. The highest BCUT2D eigenvalue weighted by Crippen LogP contribution is 2.43. The minimum absolute atomic E-state index is 0.142. The molecular formula is C26H29Cl2FN4O2. The van der Waals surface area contributed by atoms with Gasteiger partial charge < -0.3 is 19.7 Å². The Morgan fingerprint density at radius 3 is 2.54 bits per heavy atom. The highest BCUT2D eigenvalue weighted by Gasteiger charge is 2.41. The topological polar surface area (TPSA) is 59.5 Å². The summed E-state index contributed by atoms with van der Waals surface area (Å²) in [5.74, 6) is 3.09. The summed E-state index contributed by atoms with van der Waals surface area (Å²) in [7, 11) is 1.60. The molecule has 2 aromatic carbocycles. The molecule has 6 nitrogen and oxygen atoms in total. The standard InChI is InChI=1S/C26H29Cl2FN4O2/c1-14(2)33-10-16-6-15(7-17(16)11-33)12-35-23-9-21-18(8-22(23)34-3)26(31-13-30-21)32-20-5-4-19(27)24(28)25(20)29/h4-5,8-9,13-17H,6-7,10-12H2,1-3H3,(H,30,31,32)/t16-,17-/m0/s1. The number of nitrogens with zero attached hydrogens (tertiary/aromatic N) is 3. The molecule has 1 aliphatic carbocycles. The number of halogens is 3. The van der Waals surface area contributed by atoms with Crippen LogP contribution in [0.3, 0.4) is 0 Å². The van der Waals surface area contributed by atoms with Gasteiger partial charge in [0.15, 0.2) is 17.3 Å². The largest absolute Gasteiger partial charge is 0.493 e. The Bertz CT molecular complexity index is 1230. The van der Waals surface area contributed by atoms with Gasteiger partial charge in [0, 0.05) is 30.6 Å². The maximum Gasteiger partial charge on any atom is 0.166 e. The monoisotopic (exact) mass is 518 g/mol. The number of ether oxygens (including phenoxy) is 2. The molecule has 0 amide bonds. The van der Waals surface area contributed by atoms with Gasteiger partial charge in [0.05, 0.1) is 35.0 Å². The second kappa shape index (κ2) is 9.96. The van der Waals surface area contributed by atoms with Gasteiger partial charge in [0.2, 0.25) is 0 Å². The molecule has 1 saturated heterocycles. The van der Waals surface area contributed by atoms with E-state index in [4.69, 9.17) is 32.7 Å². The number of nitrogens with one attached hydrogen (secondary N) is 1. The van der Waals surface area contributed by atoms with Gasteiger partial charge in [-0.25, -0.2) is 14.4 Å². The van der Waals surface area contributed by atoms with E-state index in [9.17, 15) is 4.39 Å². The predicted octanol–water partition coefficient (Wildman–Crippen LogP) is 6.57. The summed E-state index contributed by atoms with van der Waals surface area (Å²) < 4.78 is 26.5. The number of fused-ring (bicyclic) bond motifs is 2. The lowest BCUT2D eigenvalue weighted by molar-refractivity contribution is 0.209. The summed E-state index contributed by atoms with van der Waals surface area (Å²) in [5, 5.41) is 3.67. The molecule has 2 heterocycles. The van der Waals surface area contributed by atoms with Crippen LogP contribution in [0.2, 0.25) is 10.0 Å². The zero-order valence-electron chi connectivity index (χ0n) is 20.0. The SMILES string of the molecule is COc1cc2c(Nc3ccc(Cl)c(Cl)c3F)ncnc2cc1OCC1C[C@H]2CN(C(C)C)C[C@@H]2C1. The van der Waals surface area contributed by atoms with E-state index in [-0.39, 0.29) is 15.7 Å². The van der Waals surface area contributed by atoms with Crippen LogP contribution in [-0.2, 0) is 0 Å². The van der Waals surface area contributed by atoms with Crippen molar-refractivity contribution in [2.75, 3.05) is 32.1 Å². The van der Waals surface area contributed by atoms with Crippen molar-refractivity contribution in [3.05, 3.63) is 46.5 Å². The van der Waals surface area contributed by atoms with Crippen molar-refractivity contribution in [3.63, 3.8) is 0 Å². The minimum atomic E-state index is -0.643. The molecule has 1 saturated carbocycles. The second-order valence-electron chi connectivity index (χ2n) is 9.81. The summed E-state index contributed by atoms with van der Waals surface area (Å²) in [6.45, 7) is 7.61. The number of rotatable bonds is 7. The minimum Gasteiger partial charge on any atom is -0.493 e. The van der Waals surface area contributed by atoms with Crippen LogP contribution < -0.4 is 14.8 Å². The Morgan fingerprint density at radius 2 is 1.86 bits per heavy atom. The average Bonchev–Trinajstić information content (AvgIpc) is 3.42. The van der Waals surface area contributed by atoms with E-state index in [0.29, 0.717) is 46.8 Å². The molecule has 0 bridgehead atoms. The maximum absolute atomic E-state index is 14.6. The zero-order valence-corrected chi connectivity index (χ0v) is 21.5. The molecule has 2 atom stereocenters. The van der Waals surface area contributed by atoms with Crippen molar-refractivity contribution in [1.82, 2.24) is 14.9 Å². The molecule has 1 N–H and O–H groups in total. The quantitative estimate of drug-likeness (QED) is 0.356. The zero-order chi connectivity index (χ0) is 24.7. The molecule has 35 heavy (non-hydrogen) atoms. The number of hydrogen-bond acceptors (Lipinski definition) is 6. The van der Waals surface area contributed by atoms with Crippen molar-refractivity contribution in [2.24, 2.45) is 17.8 Å². The molecule has 1 aliphatic heterocycles. The Morgan fingerprint density at radius 1 is 1.11 bits per heavy atom. The van der Waals surface area contributed by atoms with Gasteiger partial charge in [-0.3, -0.25) is 0 Å². The molecular weight excluding hydrogens is 490 g/mol. The Balaban J connectivity index is 1.32. The van der Waals surface area contributed by atoms with Crippen LogP contribution in [0.25, 0.3) is 10.9 Å². The van der Waals surface area contributed by atoms with Crippen molar-refractivity contribution in [3.8, 4) is 11.5 Å². The summed E-state index contributed by atoms with van der Waals surface area (Å²) >= 11 is 11.9. The number of benzene rings is 2. The lowest BCUT2D eigenvalue weighted by Crippen LogP contribution is -2.29. The second-order valence-corrected chi connectivity index (χ2v) is 10.6. The van der Waals surface area contributed by atoms with Gasteiger partial charge in [0.1, 0.15) is 12.1 Å². The van der Waals surface area contributed by atoms with Crippen LogP contribution in [0.1, 0.15) is 26.7 Å². The Labute approximate surface area is 214 Å². The third-order valence-corrected chi connectivity index (χ3v) is 8.07. The summed E-state index contributed by atoms with van der Waals surface area (Å²) in [6, 6.07) is 7.33. The molecule has 2 fully saturated rings. The van der Waals surface area contributed by atoms with Gasteiger partial charge in [-0.15, -0.1) is 0 Å². The normalized spacial score (nSPS) is 20.5. The fraction of sp³-hybridized carbons (Fsp3) is 0.462. The molecule has 9 heteroatoms. The first kappa shape index (κ1) is 24.3. The van der Waals surface area contributed by atoms with Crippen molar-refractivity contribution < 1.29 is 13.9 Å². The molecule has 3 aromatic rings. The van der Waals surface area contributed by atoms with Crippen LogP contribution in [-0.4, -0.2) is 47.7 Å². The van der Waals surface area contributed by atoms with Crippen molar-refractivity contribution in [1.29, 1.82) is 0 Å². The van der Waals surface area contributed by atoms with Crippen LogP contribution in [0.15, 0.2) is 30.6 Å². The number of likely N-dealkylation sites (tertiary alicyclic amines) is 1. The molecule has 2 aliphatic rings. The highest BCUT2D eigenvalue weighted by atomic mass is 35.5. The number of anilines is 2. The summed E-state index contributed by atoms with van der Waals surface area (Å²) in [6.07, 6.45) is 3.83. The van der Waals surface area contributed by atoms with E-state index in [2.05, 4.69) is 34.0 Å². The number of aromatic nitrogens is 2. The van der Waals surface area contributed by atoms with E-state index in [0.717, 1.165) is 11.8 Å². The third-order valence-electron chi connectivity index (χ3n) is 7.29. The van der Waals surface area contributed by atoms with E-state index in [1.165, 1.54) is 44.4 Å². The molecule has 186 valence electrons. The smallest absolute Gasteiger partial charge is 0.166 e. The van der Waals surface area contributed by atoms with Crippen molar-refractivity contribution >= 4 is 45.6 Å². The summed E-state index contributed by atoms with van der Waals surface area (Å²) in [4.78, 5) is 11.3. The lowest BCUT2D eigenvalue weighted by atomic mass is 10.0. The molecule has 0 radical (unpaired) electrons. The third kappa shape index (κ3) is 4.86. The van der Waals surface area contributed by atoms with E-state index in [1.54, 1.807) is 7.11 Å². The average molecular weight is 519 g/mol. The Hall–Kier alpha value is -2.35. The summed E-state index contributed by atoms with van der Waals surface area (Å²) in [5.41, 5.74) is 0.830. The molecule has 0 unspecified atom stereocenters. The van der Waals surface area contributed by atoms with E-state index < -0.39 is 5.82 Å². The molecule has 1 aromatic heterocycles. The van der Waals surface area contributed by atoms with Crippen LogP contribution >= 0.6 is 23.2 Å². The molecule has 5 rings (SSSR count). The van der Waals surface area contributed by atoms with Gasteiger partial charge >= 0.3 is 0 Å².